The summed E-state index contributed by atoms with van der Waals surface area (Å²) in [6.45, 7) is 1.80. The Morgan fingerprint density at radius 2 is 1.70 bits per heavy atom. The predicted molar refractivity (Wildman–Crippen MR) is 74.2 cm³/mol. The molecule has 1 aliphatic rings. The van der Waals surface area contributed by atoms with Crippen LogP contribution in [-0.2, 0) is 9.63 Å². The number of hydroxylamine groups is 1. The molecule has 1 unspecified atom stereocenters. The molecular weight excluding hydrogens is 254 g/mol. The SMILES string of the molecule is CC1C(=O)N(OC(=O)c2ccccc2)c2ccccc21. The number of nitrogens with zero attached hydrogens (tertiary/aromatic N) is 1. The predicted octanol–water partition coefficient (Wildman–Crippen LogP) is 2.91. The Bertz CT molecular complexity index is 666. The monoisotopic (exact) mass is 267 g/mol. The summed E-state index contributed by atoms with van der Waals surface area (Å²) >= 11 is 0. The average molecular weight is 267 g/mol. The Balaban J connectivity index is 1.89. The van der Waals surface area contributed by atoms with Crippen LogP contribution in [0.1, 0.15) is 28.8 Å². The van der Waals surface area contributed by atoms with Crippen molar-refractivity contribution >= 4 is 17.6 Å². The topological polar surface area (TPSA) is 46.6 Å². The van der Waals surface area contributed by atoms with E-state index in [2.05, 4.69) is 0 Å². The minimum Gasteiger partial charge on any atom is -0.328 e. The van der Waals surface area contributed by atoms with Crippen LogP contribution in [0, 0.1) is 0 Å². The van der Waals surface area contributed by atoms with Crippen molar-refractivity contribution in [3.63, 3.8) is 0 Å². The molecule has 1 amide bonds. The Morgan fingerprint density at radius 1 is 1.05 bits per heavy atom. The van der Waals surface area contributed by atoms with Gasteiger partial charge in [-0.15, -0.1) is 5.06 Å². The van der Waals surface area contributed by atoms with Crippen molar-refractivity contribution in [2.24, 2.45) is 0 Å². The molecule has 0 spiro atoms. The van der Waals surface area contributed by atoms with Gasteiger partial charge in [-0.1, -0.05) is 36.4 Å². The molecule has 2 aromatic carbocycles. The maximum absolute atomic E-state index is 12.2. The summed E-state index contributed by atoms with van der Waals surface area (Å²) in [7, 11) is 0. The lowest BCUT2D eigenvalue weighted by atomic mass is 10.0. The van der Waals surface area contributed by atoms with Crippen LogP contribution in [0.25, 0.3) is 0 Å². The van der Waals surface area contributed by atoms with Crippen molar-refractivity contribution in [3.8, 4) is 0 Å². The molecule has 1 heterocycles. The number of carbonyl (C=O) groups excluding carboxylic acids is 2. The molecule has 4 nitrogen and oxygen atoms in total. The summed E-state index contributed by atoms with van der Waals surface area (Å²) in [6, 6.07) is 15.9. The third-order valence-corrected chi connectivity index (χ3v) is 3.38. The lowest BCUT2D eigenvalue weighted by Gasteiger charge is -2.16. The number of rotatable bonds is 2. The summed E-state index contributed by atoms with van der Waals surface area (Å²) < 4.78 is 0. The van der Waals surface area contributed by atoms with Crippen LogP contribution in [0.3, 0.4) is 0 Å². The molecule has 20 heavy (non-hydrogen) atoms. The molecule has 0 aliphatic carbocycles. The van der Waals surface area contributed by atoms with E-state index in [0.717, 1.165) is 10.6 Å². The Morgan fingerprint density at radius 3 is 2.45 bits per heavy atom. The van der Waals surface area contributed by atoms with E-state index in [1.165, 1.54) is 0 Å². The van der Waals surface area contributed by atoms with Crippen molar-refractivity contribution in [2.45, 2.75) is 12.8 Å². The highest BCUT2D eigenvalue weighted by atomic mass is 16.7. The van der Waals surface area contributed by atoms with E-state index in [1.54, 1.807) is 37.3 Å². The van der Waals surface area contributed by atoms with E-state index in [0.29, 0.717) is 11.3 Å². The summed E-state index contributed by atoms with van der Waals surface area (Å²) in [5, 5.41) is 1.09. The maximum atomic E-state index is 12.2. The molecule has 0 N–H and O–H groups in total. The van der Waals surface area contributed by atoms with Gasteiger partial charge in [-0.3, -0.25) is 4.79 Å². The van der Waals surface area contributed by atoms with Gasteiger partial charge >= 0.3 is 5.97 Å². The summed E-state index contributed by atoms with van der Waals surface area (Å²) in [5.41, 5.74) is 1.92. The van der Waals surface area contributed by atoms with Gasteiger partial charge in [0.2, 0.25) is 0 Å². The average Bonchev–Trinajstić information content (AvgIpc) is 2.74. The van der Waals surface area contributed by atoms with E-state index in [1.807, 2.05) is 24.3 Å². The molecule has 1 aliphatic heterocycles. The quantitative estimate of drug-likeness (QED) is 0.840. The molecule has 0 bridgehead atoms. The van der Waals surface area contributed by atoms with Crippen molar-refractivity contribution in [1.82, 2.24) is 0 Å². The van der Waals surface area contributed by atoms with Crippen LogP contribution in [0.2, 0.25) is 0 Å². The first-order valence-electron chi connectivity index (χ1n) is 6.38. The number of para-hydroxylation sites is 1. The van der Waals surface area contributed by atoms with Gasteiger partial charge in [-0.2, -0.15) is 0 Å². The summed E-state index contributed by atoms with van der Waals surface area (Å²) in [6.07, 6.45) is 0. The van der Waals surface area contributed by atoms with Crippen LogP contribution in [-0.4, -0.2) is 11.9 Å². The highest BCUT2D eigenvalue weighted by molar-refractivity contribution is 6.05. The highest BCUT2D eigenvalue weighted by Gasteiger charge is 2.36. The second-order valence-electron chi connectivity index (χ2n) is 4.66. The number of anilines is 1. The van der Waals surface area contributed by atoms with Crippen LogP contribution in [0.5, 0.6) is 0 Å². The summed E-state index contributed by atoms with van der Waals surface area (Å²) in [5.74, 6) is -1.06. The lowest BCUT2D eigenvalue weighted by Crippen LogP contribution is -2.31. The first kappa shape index (κ1) is 12.4. The third-order valence-electron chi connectivity index (χ3n) is 3.38. The van der Waals surface area contributed by atoms with Gasteiger partial charge in [0.25, 0.3) is 5.91 Å². The van der Waals surface area contributed by atoms with Crippen molar-refractivity contribution in [2.75, 3.05) is 5.06 Å². The molecule has 4 heteroatoms. The minimum atomic E-state index is -0.539. The standard InChI is InChI=1S/C16H13NO3/c1-11-13-9-5-6-10-14(13)17(15(11)18)20-16(19)12-7-3-2-4-8-12/h2-11H,1H3. The molecule has 0 aromatic heterocycles. The number of benzene rings is 2. The third kappa shape index (κ3) is 1.95. The largest absolute Gasteiger partial charge is 0.363 e. The number of fused-ring (bicyclic) bond motifs is 1. The second kappa shape index (κ2) is 4.81. The Labute approximate surface area is 116 Å². The molecule has 0 fully saturated rings. The van der Waals surface area contributed by atoms with E-state index in [-0.39, 0.29) is 11.8 Å². The zero-order valence-electron chi connectivity index (χ0n) is 10.9. The van der Waals surface area contributed by atoms with Gasteiger partial charge in [-0.25, -0.2) is 4.79 Å². The fourth-order valence-electron chi connectivity index (χ4n) is 2.27. The second-order valence-corrected chi connectivity index (χ2v) is 4.66. The zero-order chi connectivity index (χ0) is 14.1. The first-order chi connectivity index (χ1) is 9.68. The van der Waals surface area contributed by atoms with Crippen molar-refractivity contribution < 1.29 is 14.4 Å². The number of amides is 1. The zero-order valence-corrected chi connectivity index (χ0v) is 10.9. The van der Waals surface area contributed by atoms with E-state index < -0.39 is 5.97 Å². The molecule has 0 saturated heterocycles. The van der Waals surface area contributed by atoms with Gasteiger partial charge in [-0.05, 0) is 30.7 Å². The highest BCUT2D eigenvalue weighted by Crippen LogP contribution is 2.37. The van der Waals surface area contributed by atoms with Gasteiger partial charge in [0.05, 0.1) is 17.2 Å². The molecular formula is C16H13NO3. The number of carbonyl (C=O) groups is 2. The smallest absolute Gasteiger partial charge is 0.328 e. The molecule has 100 valence electrons. The van der Waals surface area contributed by atoms with Gasteiger partial charge in [0.1, 0.15) is 0 Å². The van der Waals surface area contributed by atoms with E-state index in [9.17, 15) is 9.59 Å². The van der Waals surface area contributed by atoms with Crippen LogP contribution >= 0.6 is 0 Å². The molecule has 0 radical (unpaired) electrons. The normalized spacial score (nSPS) is 16.9. The minimum absolute atomic E-state index is 0.226. The van der Waals surface area contributed by atoms with Crippen LogP contribution < -0.4 is 5.06 Å². The number of hydrogen-bond acceptors (Lipinski definition) is 3. The van der Waals surface area contributed by atoms with Gasteiger partial charge < -0.3 is 4.84 Å². The Kier molecular flexibility index (Phi) is 2.99. The fourth-order valence-corrected chi connectivity index (χ4v) is 2.27. The molecule has 1 atom stereocenters. The van der Waals surface area contributed by atoms with E-state index >= 15 is 0 Å². The van der Waals surface area contributed by atoms with Crippen LogP contribution in [0.4, 0.5) is 5.69 Å². The molecule has 3 rings (SSSR count). The van der Waals surface area contributed by atoms with Crippen molar-refractivity contribution in [1.29, 1.82) is 0 Å². The number of hydrogen-bond donors (Lipinski definition) is 0. The van der Waals surface area contributed by atoms with Crippen LogP contribution in [0.15, 0.2) is 54.6 Å². The molecule has 0 saturated carbocycles. The van der Waals surface area contributed by atoms with E-state index in [4.69, 9.17) is 4.84 Å². The first-order valence-corrected chi connectivity index (χ1v) is 6.38. The Hall–Kier alpha value is -2.62. The fraction of sp³-hybridized carbons (Fsp3) is 0.125. The van der Waals surface area contributed by atoms with Crippen molar-refractivity contribution in [3.05, 3.63) is 65.7 Å². The molecule has 2 aromatic rings. The summed E-state index contributed by atoms with van der Waals surface area (Å²) in [4.78, 5) is 29.5. The lowest BCUT2D eigenvalue weighted by molar-refractivity contribution is -0.124. The maximum Gasteiger partial charge on any atom is 0.363 e. The van der Waals surface area contributed by atoms with Gasteiger partial charge in [0.15, 0.2) is 0 Å². The van der Waals surface area contributed by atoms with Gasteiger partial charge in [0, 0.05) is 0 Å².